The van der Waals surface area contributed by atoms with E-state index in [4.69, 9.17) is 6.85 Å². The topological polar surface area (TPSA) is 8.17 Å². The average Bonchev–Trinajstić information content (AvgIpc) is 3.86. The van der Waals surface area contributed by atoms with E-state index in [9.17, 15) is 0 Å². The number of para-hydroxylation sites is 2. The standard InChI is InChI=1S/C54H36N2S/c1-3-11-37(12-4-1)38-19-27-44(28-20-38)55(46-31-23-40(24-32-46)42-26-34-54-50(36-42)48-16-8-10-18-53(48)57-54)45-29-21-39(22-30-45)41-25-33-52-49(35-41)47-15-7-9-17-51(47)56(52)43-13-5-2-6-14-43/h1-36H/i2D,5D,6D,13D,14D. The highest BCUT2D eigenvalue weighted by atomic mass is 32.1. The van der Waals surface area contributed by atoms with Gasteiger partial charge in [-0.05, 0) is 118 Å². The van der Waals surface area contributed by atoms with Gasteiger partial charge in [-0.2, -0.15) is 0 Å². The molecule has 11 rings (SSSR count). The van der Waals surface area contributed by atoms with E-state index < -0.39 is 6.04 Å². The normalized spacial score (nSPS) is 12.7. The lowest BCUT2D eigenvalue weighted by Crippen LogP contribution is -2.09. The van der Waals surface area contributed by atoms with Gasteiger partial charge in [0.25, 0.3) is 0 Å². The van der Waals surface area contributed by atoms with Crippen LogP contribution in [0.4, 0.5) is 17.1 Å². The predicted octanol–water partition coefficient (Wildman–Crippen LogP) is 15.6. The van der Waals surface area contributed by atoms with Crippen LogP contribution in [0, 0.1) is 0 Å². The zero-order valence-corrected chi connectivity index (χ0v) is 31.5. The summed E-state index contributed by atoms with van der Waals surface area (Å²) in [7, 11) is 0. The van der Waals surface area contributed by atoms with Crippen LogP contribution in [-0.2, 0) is 0 Å². The Morgan fingerprint density at radius 2 is 0.842 bits per heavy atom. The minimum Gasteiger partial charge on any atom is -0.311 e. The molecule has 0 spiro atoms. The summed E-state index contributed by atoms with van der Waals surface area (Å²) >= 11 is 1.83. The maximum Gasteiger partial charge on any atom is 0.0645 e. The second-order valence-corrected chi connectivity index (χ2v) is 15.3. The molecule has 0 saturated heterocycles. The first kappa shape index (κ1) is 28.2. The molecule has 268 valence electrons. The van der Waals surface area contributed by atoms with Crippen molar-refractivity contribution in [3.63, 3.8) is 0 Å². The summed E-state index contributed by atoms with van der Waals surface area (Å²) in [5.41, 5.74) is 11.5. The fraction of sp³-hybridized carbons (Fsp3) is 0. The smallest absolute Gasteiger partial charge is 0.0645 e. The molecule has 2 nitrogen and oxygen atoms in total. The summed E-state index contributed by atoms with van der Waals surface area (Å²) < 4.78 is 46.8. The average molecular weight is 750 g/mol. The van der Waals surface area contributed by atoms with Crippen molar-refractivity contribution in [2.24, 2.45) is 0 Å². The number of anilines is 3. The summed E-state index contributed by atoms with van der Waals surface area (Å²) in [5, 5.41) is 4.44. The monoisotopic (exact) mass is 749 g/mol. The second kappa shape index (κ2) is 13.8. The lowest BCUT2D eigenvalue weighted by atomic mass is 10.0. The van der Waals surface area contributed by atoms with Crippen LogP contribution in [-0.4, -0.2) is 4.57 Å². The van der Waals surface area contributed by atoms with Crippen LogP contribution in [0.2, 0.25) is 0 Å². The Kier molecular flexibility index (Phi) is 6.85. The summed E-state index contributed by atoms with van der Waals surface area (Å²) in [6, 6.07) is 64.3. The van der Waals surface area contributed by atoms with Gasteiger partial charge in [-0.3, -0.25) is 0 Å². The van der Waals surface area contributed by atoms with Crippen LogP contribution < -0.4 is 4.90 Å². The van der Waals surface area contributed by atoms with Gasteiger partial charge in [-0.25, -0.2) is 0 Å². The Morgan fingerprint density at radius 3 is 1.51 bits per heavy atom. The van der Waals surface area contributed by atoms with Crippen molar-refractivity contribution in [1.82, 2.24) is 4.57 Å². The van der Waals surface area contributed by atoms with Crippen molar-refractivity contribution in [3.8, 4) is 39.1 Å². The Hall–Kier alpha value is -7.20. The zero-order chi connectivity index (χ0) is 42.1. The molecule has 0 amide bonds. The number of benzene rings is 9. The summed E-state index contributed by atoms with van der Waals surface area (Å²) in [6.45, 7) is 0. The fourth-order valence-electron chi connectivity index (χ4n) is 8.14. The molecule has 0 N–H and O–H groups in total. The minimum atomic E-state index is -0.407. The highest BCUT2D eigenvalue weighted by Gasteiger charge is 2.16. The molecule has 0 aliphatic rings. The SMILES string of the molecule is [2H]c1c([2H])c([2H])c(-n2c3ccccc3c3cc(-c4ccc(N(c5ccc(-c6ccccc6)cc5)c5ccc(-c6ccc7sc8ccccc8c7c6)cc5)cc4)ccc32)c([2H])c1[2H]. The van der Waals surface area contributed by atoms with E-state index in [0.717, 1.165) is 61.1 Å². The number of thiophene rings is 1. The molecule has 0 unspecified atom stereocenters. The van der Waals surface area contributed by atoms with E-state index in [2.05, 4.69) is 150 Å². The second-order valence-electron chi connectivity index (χ2n) is 14.2. The van der Waals surface area contributed by atoms with Crippen LogP contribution >= 0.6 is 11.3 Å². The van der Waals surface area contributed by atoms with Crippen LogP contribution in [0.25, 0.3) is 81.0 Å². The molecule has 0 atom stereocenters. The van der Waals surface area contributed by atoms with Gasteiger partial charge in [0.15, 0.2) is 0 Å². The molecule has 2 aromatic heterocycles. The quantitative estimate of drug-likeness (QED) is 0.158. The van der Waals surface area contributed by atoms with Crippen LogP contribution in [0.15, 0.2) is 218 Å². The van der Waals surface area contributed by atoms with Gasteiger partial charge in [0.1, 0.15) is 0 Å². The molecule has 11 aromatic rings. The van der Waals surface area contributed by atoms with E-state index in [1.54, 1.807) is 4.57 Å². The van der Waals surface area contributed by atoms with E-state index in [-0.39, 0.29) is 29.9 Å². The highest BCUT2D eigenvalue weighted by Crippen LogP contribution is 2.41. The number of rotatable bonds is 7. The van der Waals surface area contributed by atoms with Crippen molar-refractivity contribution < 1.29 is 6.85 Å². The maximum atomic E-state index is 8.77. The van der Waals surface area contributed by atoms with Crippen molar-refractivity contribution in [2.75, 3.05) is 4.90 Å². The van der Waals surface area contributed by atoms with Crippen LogP contribution in [0.1, 0.15) is 6.85 Å². The van der Waals surface area contributed by atoms with Crippen molar-refractivity contribution >= 4 is 70.4 Å². The van der Waals surface area contributed by atoms with Gasteiger partial charge in [0, 0.05) is 53.7 Å². The third-order valence-corrected chi connectivity index (χ3v) is 12.1. The van der Waals surface area contributed by atoms with Crippen LogP contribution in [0.3, 0.4) is 0 Å². The van der Waals surface area contributed by atoms with Crippen LogP contribution in [0.5, 0.6) is 0 Å². The molecule has 0 saturated carbocycles. The van der Waals surface area contributed by atoms with Gasteiger partial charge >= 0.3 is 0 Å². The zero-order valence-electron chi connectivity index (χ0n) is 35.7. The molecule has 0 bridgehead atoms. The summed E-state index contributed by atoms with van der Waals surface area (Å²) in [4.78, 5) is 2.29. The first-order valence-electron chi connectivity index (χ1n) is 21.5. The van der Waals surface area contributed by atoms with E-state index >= 15 is 0 Å². The molecule has 9 aromatic carbocycles. The number of aromatic nitrogens is 1. The Labute approximate surface area is 342 Å². The maximum absolute atomic E-state index is 8.77. The molecular weight excluding hydrogens is 709 g/mol. The fourth-order valence-corrected chi connectivity index (χ4v) is 9.23. The number of hydrogen-bond acceptors (Lipinski definition) is 2. The minimum absolute atomic E-state index is 0.140. The van der Waals surface area contributed by atoms with Gasteiger partial charge in [0.05, 0.1) is 17.9 Å². The van der Waals surface area contributed by atoms with E-state index in [0.29, 0.717) is 0 Å². The lowest BCUT2D eigenvalue weighted by molar-refractivity contribution is 1.18. The molecule has 0 fully saturated rings. The van der Waals surface area contributed by atoms with Gasteiger partial charge in [0.2, 0.25) is 0 Å². The predicted molar refractivity (Wildman–Crippen MR) is 245 cm³/mol. The van der Waals surface area contributed by atoms with Gasteiger partial charge < -0.3 is 9.47 Å². The highest BCUT2D eigenvalue weighted by molar-refractivity contribution is 7.25. The lowest BCUT2D eigenvalue weighted by Gasteiger charge is -2.26. The molecule has 2 heterocycles. The Morgan fingerprint density at radius 1 is 0.368 bits per heavy atom. The van der Waals surface area contributed by atoms with Crippen molar-refractivity contribution in [2.45, 2.75) is 0 Å². The van der Waals surface area contributed by atoms with E-state index in [1.165, 1.54) is 31.3 Å². The van der Waals surface area contributed by atoms with E-state index in [1.807, 2.05) is 53.8 Å². The molecule has 0 aliphatic carbocycles. The Bertz CT molecular complexity index is 3480. The number of fused-ring (bicyclic) bond motifs is 6. The van der Waals surface area contributed by atoms with Gasteiger partial charge in [-0.1, -0.05) is 133 Å². The van der Waals surface area contributed by atoms with Gasteiger partial charge in [-0.15, -0.1) is 11.3 Å². The Balaban J connectivity index is 0.979. The number of nitrogens with zero attached hydrogens (tertiary/aromatic N) is 2. The molecule has 3 heteroatoms. The first-order valence-corrected chi connectivity index (χ1v) is 19.8. The molecular formula is C54H36N2S. The number of hydrogen-bond donors (Lipinski definition) is 0. The van der Waals surface area contributed by atoms with Crippen molar-refractivity contribution in [1.29, 1.82) is 0 Å². The summed E-state index contributed by atoms with van der Waals surface area (Å²) in [6.07, 6.45) is 0. The third-order valence-electron chi connectivity index (χ3n) is 10.9. The first-order chi connectivity index (χ1) is 30.3. The molecule has 0 radical (unpaired) electrons. The summed E-state index contributed by atoms with van der Waals surface area (Å²) in [5.74, 6) is 0. The largest absolute Gasteiger partial charge is 0.311 e. The molecule has 0 aliphatic heterocycles. The third kappa shape index (κ3) is 5.88. The van der Waals surface area contributed by atoms with Crippen molar-refractivity contribution in [3.05, 3.63) is 218 Å². The molecule has 57 heavy (non-hydrogen) atoms.